The average molecular weight is 458 g/mol. The Kier molecular flexibility index (Phi) is 6.49. The second kappa shape index (κ2) is 9.66. The molecule has 4 rings (SSSR count). The van der Waals surface area contributed by atoms with E-state index in [2.05, 4.69) is 10.4 Å². The summed E-state index contributed by atoms with van der Waals surface area (Å²) in [6.07, 6.45) is 0. The van der Waals surface area contributed by atoms with Crippen molar-refractivity contribution in [3.63, 3.8) is 0 Å². The van der Waals surface area contributed by atoms with Crippen LogP contribution >= 0.6 is 0 Å². The van der Waals surface area contributed by atoms with E-state index in [1.54, 1.807) is 44.2 Å². The largest absolute Gasteiger partial charge is 0.352 e. The summed E-state index contributed by atoms with van der Waals surface area (Å²) in [6, 6.07) is 22.5. The molecule has 1 amide bonds. The van der Waals surface area contributed by atoms with Crippen molar-refractivity contribution in [2.75, 3.05) is 0 Å². The highest BCUT2D eigenvalue weighted by atomic mass is 19.1. The molecule has 34 heavy (non-hydrogen) atoms. The fraction of sp³-hybridized carbons (Fsp3) is 0.154. The van der Waals surface area contributed by atoms with Crippen molar-refractivity contribution in [2.45, 2.75) is 25.9 Å². The Morgan fingerprint density at radius 2 is 1.41 bits per heavy atom. The molecule has 0 aliphatic heterocycles. The first-order valence-corrected chi connectivity index (χ1v) is 10.8. The van der Waals surface area contributed by atoms with Crippen molar-refractivity contribution in [3.05, 3.63) is 128 Å². The lowest BCUT2D eigenvalue weighted by molar-refractivity contribution is 0.0929. The second-order valence-electron chi connectivity index (χ2n) is 7.86. The third kappa shape index (κ3) is 4.43. The number of carbonyl (C=O) groups excluding carboxylic acids is 1. The van der Waals surface area contributed by atoms with E-state index in [1.807, 2.05) is 36.4 Å². The van der Waals surface area contributed by atoms with Gasteiger partial charge in [-0.1, -0.05) is 72.8 Å². The number of rotatable bonds is 6. The van der Waals surface area contributed by atoms with Crippen LogP contribution in [-0.2, 0) is 0 Å². The second-order valence-corrected chi connectivity index (χ2v) is 7.86. The minimum atomic E-state index is -0.855. The number of nitrogens with zero attached hydrogens (tertiary/aromatic N) is 3. The summed E-state index contributed by atoms with van der Waals surface area (Å²) in [7, 11) is 0. The smallest absolute Gasteiger partial charge is 0.344 e. The Bertz CT molecular complexity index is 1430. The van der Waals surface area contributed by atoms with Gasteiger partial charge in [-0.25, -0.2) is 13.8 Å². The van der Waals surface area contributed by atoms with E-state index < -0.39 is 40.8 Å². The van der Waals surface area contributed by atoms with Gasteiger partial charge in [-0.2, -0.15) is 9.78 Å². The molecule has 0 saturated carbocycles. The van der Waals surface area contributed by atoms with Gasteiger partial charge in [0.25, 0.3) is 11.5 Å². The zero-order valence-electron chi connectivity index (χ0n) is 18.7. The lowest BCUT2D eigenvalue weighted by Gasteiger charge is -2.19. The van der Waals surface area contributed by atoms with Gasteiger partial charge in [-0.05, 0) is 37.1 Å². The molecular weight excluding hydrogens is 435 g/mol. The molecule has 3 aromatic carbocycles. The van der Waals surface area contributed by atoms with Gasteiger partial charge in [-0.3, -0.25) is 9.59 Å². The molecule has 0 aliphatic rings. The summed E-state index contributed by atoms with van der Waals surface area (Å²) >= 11 is 0. The number of halogens is 1. The number of amides is 1. The summed E-state index contributed by atoms with van der Waals surface area (Å²) < 4.78 is 16.3. The number of benzene rings is 3. The quantitative estimate of drug-likeness (QED) is 0.478. The maximum absolute atomic E-state index is 14.6. The number of para-hydroxylation sites is 1. The summed E-state index contributed by atoms with van der Waals surface area (Å²) in [5.41, 5.74) is -0.862. The van der Waals surface area contributed by atoms with Gasteiger partial charge in [0.05, 0.1) is 12.1 Å². The molecule has 0 aliphatic carbocycles. The zero-order valence-corrected chi connectivity index (χ0v) is 18.7. The number of hydrogen-bond acceptors (Lipinski definition) is 4. The van der Waals surface area contributed by atoms with E-state index >= 15 is 0 Å². The van der Waals surface area contributed by atoms with Gasteiger partial charge in [0.2, 0.25) is 5.69 Å². The molecule has 0 unspecified atom stereocenters. The van der Waals surface area contributed by atoms with Gasteiger partial charge >= 0.3 is 5.69 Å². The topological polar surface area (TPSA) is 86.0 Å². The van der Waals surface area contributed by atoms with E-state index in [-0.39, 0.29) is 5.69 Å². The fourth-order valence-electron chi connectivity index (χ4n) is 3.72. The van der Waals surface area contributed by atoms with E-state index in [1.165, 1.54) is 18.2 Å². The first-order valence-electron chi connectivity index (χ1n) is 10.8. The first kappa shape index (κ1) is 22.8. The Hall–Kier alpha value is -4.33. The van der Waals surface area contributed by atoms with Crippen LogP contribution in [0.25, 0.3) is 5.69 Å². The van der Waals surface area contributed by atoms with Crippen molar-refractivity contribution < 1.29 is 9.18 Å². The number of carbonyl (C=O) groups is 1. The maximum Gasteiger partial charge on any atom is 0.352 e. The number of aromatic nitrogens is 3. The van der Waals surface area contributed by atoms with Gasteiger partial charge in [0, 0.05) is 0 Å². The van der Waals surface area contributed by atoms with Crippen LogP contribution in [0, 0.1) is 5.82 Å². The molecule has 172 valence electrons. The normalized spacial score (nSPS) is 12.7. The lowest BCUT2D eigenvalue weighted by Crippen LogP contribution is -2.47. The van der Waals surface area contributed by atoms with Gasteiger partial charge in [-0.15, -0.1) is 0 Å². The van der Waals surface area contributed by atoms with Crippen molar-refractivity contribution in [1.82, 2.24) is 19.7 Å². The molecule has 0 fully saturated rings. The average Bonchev–Trinajstić information content (AvgIpc) is 2.85. The molecular formula is C26H23FN4O3. The molecule has 4 aromatic rings. The van der Waals surface area contributed by atoms with Crippen molar-refractivity contribution in [3.8, 4) is 5.69 Å². The van der Waals surface area contributed by atoms with Crippen molar-refractivity contribution >= 4 is 5.91 Å². The molecule has 2 atom stereocenters. The van der Waals surface area contributed by atoms with Crippen molar-refractivity contribution in [1.29, 1.82) is 0 Å². The van der Waals surface area contributed by atoms with Crippen LogP contribution in [0.2, 0.25) is 0 Å². The van der Waals surface area contributed by atoms with Crippen LogP contribution in [0.1, 0.15) is 47.5 Å². The first-order chi connectivity index (χ1) is 16.4. The van der Waals surface area contributed by atoms with Crippen LogP contribution in [0.3, 0.4) is 0 Å². The third-order valence-electron chi connectivity index (χ3n) is 5.62. The molecule has 1 heterocycles. The van der Waals surface area contributed by atoms with E-state index in [0.29, 0.717) is 5.56 Å². The molecule has 8 heteroatoms. The Balaban J connectivity index is 1.87. The van der Waals surface area contributed by atoms with Crippen LogP contribution in [0.4, 0.5) is 4.39 Å². The molecule has 1 aromatic heterocycles. The Labute approximate surface area is 195 Å². The van der Waals surface area contributed by atoms with E-state index in [4.69, 9.17) is 0 Å². The third-order valence-corrected chi connectivity index (χ3v) is 5.62. The predicted molar refractivity (Wildman–Crippen MR) is 127 cm³/mol. The molecule has 0 saturated heterocycles. The maximum atomic E-state index is 14.6. The monoisotopic (exact) mass is 458 g/mol. The molecule has 7 nitrogen and oxygen atoms in total. The van der Waals surface area contributed by atoms with Gasteiger partial charge in [0.15, 0.2) is 0 Å². The highest BCUT2D eigenvalue weighted by Crippen LogP contribution is 2.16. The van der Waals surface area contributed by atoms with Crippen LogP contribution in [0.5, 0.6) is 0 Å². The minimum Gasteiger partial charge on any atom is -0.344 e. The van der Waals surface area contributed by atoms with Gasteiger partial charge in [0.1, 0.15) is 11.5 Å². The minimum absolute atomic E-state index is 0.160. The highest BCUT2D eigenvalue weighted by molar-refractivity contribution is 5.92. The summed E-state index contributed by atoms with van der Waals surface area (Å²) in [5.74, 6) is -1.47. The highest BCUT2D eigenvalue weighted by Gasteiger charge is 2.25. The summed E-state index contributed by atoms with van der Waals surface area (Å²) in [6.45, 7) is 3.43. The SMILES string of the molecule is C[C@H](c1ccccc1)n1c(=O)c(C(=O)N[C@H](C)c2ccccc2)nn(-c2ccccc2F)c1=O. The van der Waals surface area contributed by atoms with Crippen LogP contribution in [-0.4, -0.2) is 20.3 Å². The standard InChI is InChI=1S/C26H23FN4O3/c1-17(19-11-5-3-6-12-19)28-24(32)23-25(33)30(18(2)20-13-7-4-8-14-20)26(34)31(29-23)22-16-10-9-15-21(22)27/h3-18H,1-2H3,(H,28,32)/t17-,18-/m1/s1. The fourth-order valence-corrected chi connectivity index (χ4v) is 3.72. The van der Waals surface area contributed by atoms with E-state index in [9.17, 15) is 18.8 Å². The predicted octanol–water partition coefficient (Wildman–Crippen LogP) is 3.63. The van der Waals surface area contributed by atoms with Crippen molar-refractivity contribution in [2.24, 2.45) is 0 Å². The van der Waals surface area contributed by atoms with Crippen LogP contribution in [0.15, 0.2) is 94.5 Å². The Morgan fingerprint density at radius 3 is 2.03 bits per heavy atom. The van der Waals surface area contributed by atoms with Crippen LogP contribution < -0.4 is 16.6 Å². The summed E-state index contributed by atoms with van der Waals surface area (Å²) in [5, 5.41) is 6.75. The lowest BCUT2D eigenvalue weighted by atomic mass is 10.1. The molecule has 0 radical (unpaired) electrons. The Morgan fingerprint density at radius 1 is 0.853 bits per heavy atom. The van der Waals surface area contributed by atoms with Gasteiger partial charge < -0.3 is 5.32 Å². The molecule has 1 N–H and O–H groups in total. The number of nitrogens with one attached hydrogen (secondary N) is 1. The van der Waals surface area contributed by atoms with E-state index in [0.717, 1.165) is 14.8 Å². The molecule has 0 spiro atoms. The number of hydrogen-bond donors (Lipinski definition) is 1. The summed E-state index contributed by atoms with van der Waals surface area (Å²) in [4.78, 5) is 39.9. The zero-order chi connectivity index (χ0) is 24.2. The molecule has 0 bridgehead atoms.